The van der Waals surface area contributed by atoms with Gasteiger partial charge in [-0.1, -0.05) is 0 Å². The predicted octanol–water partition coefficient (Wildman–Crippen LogP) is 0.993. The first-order valence-corrected chi connectivity index (χ1v) is 5.69. The Morgan fingerprint density at radius 2 is 1.95 bits per heavy atom. The van der Waals surface area contributed by atoms with Crippen LogP contribution in [0.1, 0.15) is 5.76 Å². The van der Waals surface area contributed by atoms with Crippen LogP contribution in [0.15, 0.2) is 27.8 Å². The number of hydrogen-bond acceptors (Lipinski definition) is 3. The van der Waals surface area contributed by atoms with Crippen molar-refractivity contribution in [1.82, 2.24) is 15.1 Å². The fourth-order valence-corrected chi connectivity index (χ4v) is 1.48. The van der Waals surface area contributed by atoms with Crippen LogP contribution in [0.5, 0.6) is 0 Å². The van der Waals surface area contributed by atoms with Gasteiger partial charge in [0.1, 0.15) is 12.3 Å². The first-order chi connectivity index (χ1) is 8.50. The van der Waals surface area contributed by atoms with Gasteiger partial charge in [0.05, 0.1) is 12.8 Å². The Hall–Kier alpha value is -1.25. The van der Waals surface area contributed by atoms with Gasteiger partial charge in [-0.15, -0.1) is 24.0 Å². The Morgan fingerprint density at radius 1 is 1.32 bits per heavy atom. The number of nitrogens with one attached hydrogen (secondary N) is 1. The minimum atomic E-state index is -0.132. The third-order valence-corrected chi connectivity index (χ3v) is 2.20. The molecule has 6 nitrogen and oxygen atoms in total. The number of guanidine groups is 1. The van der Waals surface area contributed by atoms with Crippen LogP contribution in [0, 0.1) is 0 Å². The second-order valence-corrected chi connectivity index (χ2v) is 4.26. The summed E-state index contributed by atoms with van der Waals surface area (Å²) in [6, 6.07) is 3.60. The zero-order valence-electron chi connectivity index (χ0n) is 11.7. The van der Waals surface area contributed by atoms with Crippen molar-refractivity contribution in [2.75, 3.05) is 34.7 Å². The van der Waals surface area contributed by atoms with E-state index in [1.54, 1.807) is 12.3 Å². The average molecular weight is 380 g/mol. The quantitative estimate of drug-likeness (QED) is 0.481. The van der Waals surface area contributed by atoms with E-state index in [4.69, 9.17) is 4.42 Å². The summed E-state index contributed by atoms with van der Waals surface area (Å²) in [7, 11) is 7.55. The molecule has 0 aromatic carbocycles. The zero-order valence-corrected chi connectivity index (χ0v) is 14.0. The number of rotatable bonds is 4. The SMILES string of the molecule is CN(C)C(=NCC(=O)NCc1ccco1)N(C)C.I. The molecule has 1 aromatic heterocycles. The van der Waals surface area contributed by atoms with E-state index in [2.05, 4.69) is 10.3 Å². The van der Waals surface area contributed by atoms with Gasteiger partial charge >= 0.3 is 0 Å². The zero-order chi connectivity index (χ0) is 13.5. The molecule has 1 aromatic rings. The molecular formula is C12H21IN4O2. The van der Waals surface area contributed by atoms with Crippen LogP contribution < -0.4 is 5.32 Å². The van der Waals surface area contributed by atoms with Crippen LogP contribution in [-0.4, -0.2) is 56.4 Å². The van der Waals surface area contributed by atoms with Crippen molar-refractivity contribution in [2.45, 2.75) is 6.54 Å². The van der Waals surface area contributed by atoms with Crippen molar-refractivity contribution in [3.63, 3.8) is 0 Å². The third-order valence-electron chi connectivity index (χ3n) is 2.20. The summed E-state index contributed by atoms with van der Waals surface area (Å²) in [4.78, 5) is 19.6. The van der Waals surface area contributed by atoms with E-state index >= 15 is 0 Å². The second-order valence-electron chi connectivity index (χ2n) is 4.26. The van der Waals surface area contributed by atoms with Crippen molar-refractivity contribution < 1.29 is 9.21 Å². The molecule has 0 saturated carbocycles. The van der Waals surface area contributed by atoms with Crippen LogP contribution in [0.3, 0.4) is 0 Å². The molecule has 0 unspecified atom stereocenters. The van der Waals surface area contributed by atoms with Gasteiger partial charge in [-0.3, -0.25) is 4.79 Å². The monoisotopic (exact) mass is 380 g/mol. The molecule has 19 heavy (non-hydrogen) atoms. The molecule has 0 fully saturated rings. The van der Waals surface area contributed by atoms with Crippen molar-refractivity contribution in [3.8, 4) is 0 Å². The standard InChI is InChI=1S/C12H20N4O2.HI/c1-15(2)12(16(3)4)14-9-11(17)13-8-10-6-5-7-18-10;/h5-7H,8-9H2,1-4H3,(H,13,17);1H. The molecule has 1 heterocycles. The molecule has 0 aliphatic carbocycles. The predicted molar refractivity (Wildman–Crippen MR) is 85.6 cm³/mol. The van der Waals surface area contributed by atoms with E-state index in [1.807, 2.05) is 44.1 Å². The van der Waals surface area contributed by atoms with Crippen molar-refractivity contribution in [3.05, 3.63) is 24.2 Å². The third kappa shape index (κ3) is 6.46. The molecule has 1 N–H and O–H groups in total. The molecular weight excluding hydrogens is 359 g/mol. The fraction of sp³-hybridized carbons (Fsp3) is 0.500. The van der Waals surface area contributed by atoms with E-state index in [0.717, 1.165) is 11.7 Å². The number of nitrogens with zero attached hydrogens (tertiary/aromatic N) is 3. The summed E-state index contributed by atoms with van der Waals surface area (Å²) in [6.45, 7) is 0.493. The molecule has 108 valence electrons. The topological polar surface area (TPSA) is 61.1 Å². The van der Waals surface area contributed by atoms with Crippen LogP contribution in [0.4, 0.5) is 0 Å². The molecule has 0 radical (unpaired) electrons. The molecule has 0 bridgehead atoms. The molecule has 0 spiro atoms. The van der Waals surface area contributed by atoms with E-state index < -0.39 is 0 Å². The maximum Gasteiger partial charge on any atom is 0.242 e. The van der Waals surface area contributed by atoms with Crippen LogP contribution in [-0.2, 0) is 11.3 Å². The van der Waals surface area contributed by atoms with Gasteiger partial charge in [-0.05, 0) is 12.1 Å². The maximum absolute atomic E-state index is 11.6. The van der Waals surface area contributed by atoms with E-state index in [9.17, 15) is 4.79 Å². The average Bonchev–Trinajstić information content (AvgIpc) is 2.78. The largest absolute Gasteiger partial charge is 0.467 e. The summed E-state index contributed by atoms with van der Waals surface area (Å²) >= 11 is 0. The van der Waals surface area contributed by atoms with Gasteiger partial charge < -0.3 is 19.5 Å². The number of carbonyl (C=O) groups excluding carboxylic acids is 1. The highest BCUT2D eigenvalue weighted by molar-refractivity contribution is 14.0. The molecule has 0 aliphatic heterocycles. The molecule has 0 atom stereocenters. The summed E-state index contributed by atoms with van der Waals surface area (Å²) in [5, 5.41) is 2.74. The number of aliphatic imine (C=N–C) groups is 1. The Morgan fingerprint density at radius 3 is 2.42 bits per heavy atom. The lowest BCUT2D eigenvalue weighted by molar-refractivity contribution is -0.119. The lowest BCUT2D eigenvalue weighted by Gasteiger charge is -2.22. The highest BCUT2D eigenvalue weighted by atomic mass is 127. The summed E-state index contributed by atoms with van der Waals surface area (Å²) in [5.74, 6) is 1.35. The minimum Gasteiger partial charge on any atom is -0.467 e. The van der Waals surface area contributed by atoms with Gasteiger partial charge in [0.25, 0.3) is 0 Å². The lowest BCUT2D eigenvalue weighted by Crippen LogP contribution is -2.36. The summed E-state index contributed by atoms with van der Waals surface area (Å²) in [5.41, 5.74) is 0. The smallest absolute Gasteiger partial charge is 0.242 e. The van der Waals surface area contributed by atoms with Crippen LogP contribution >= 0.6 is 24.0 Å². The van der Waals surface area contributed by atoms with Crippen molar-refractivity contribution >= 4 is 35.8 Å². The highest BCUT2D eigenvalue weighted by Gasteiger charge is 2.06. The molecule has 7 heteroatoms. The fourth-order valence-electron chi connectivity index (χ4n) is 1.48. The van der Waals surface area contributed by atoms with E-state index in [1.165, 1.54) is 0 Å². The van der Waals surface area contributed by atoms with E-state index in [-0.39, 0.29) is 36.4 Å². The lowest BCUT2D eigenvalue weighted by atomic mass is 10.4. The summed E-state index contributed by atoms with van der Waals surface area (Å²) in [6.07, 6.45) is 1.58. The minimum absolute atomic E-state index is 0. The molecule has 0 saturated heterocycles. The molecule has 0 aliphatic rings. The van der Waals surface area contributed by atoms with Crippen molar-refractivity contribution in [2.24, 2.45) is 4.99 Å². The number of furan rings is 1. The second kappa shape index (κ2) is 8.78. The maximum atomic E-state index is 11.6. The molecule has 1 amide bonds. The van der Waals surface area contributed by atoms with Gasteiger partial charge in [0.2, 0.25) is 5.91 Å². The summed E-state index contributed by atoms with van der Waals surface area (Å²) < 4.78 is 5.12. The number of carbonyl (C=O) groups is 1. The first kappa shape index (κ1) is 17.8. The normalized spacial score (nSPS) is 9.26. The van der Waals surface area contributed by atoms with Gasteiger partial charge in [-0.25, -0.2) is 4.99 Å². The van der Waals surface area contributed by atoms with Crippen molar-refractivity contribution in [1.29, 1.82) is 0 Å². The Balaban J connectivity index is 0.00000324. The van der Waals surface area contributed by atoms with Gasteiger partial charge in [0.15, 0.2) is 5.96 Å². The Labute approximate surface area is 130 Å². The van der Waals surface area contributed by atoms with Crippen LogP contribution in [0.25, 0.3) is 0 Å². The first-order valence-electron chi connectivity index (χ1n) is 5.69. The molecule has 1 rings (SSSR count). The Bertz CT molecular complexity index is 392. The number of halogens is 1. The number of amides is 1. The number of hydrogen-bond donors (Lipinski definition) is 1. The van der Waals surface area contributed by atoms with E-state index in [0.29, 0.717) is 6.54 Å². The highest BCUT2D eigenvalue weighted by Crippen LogP contribution is 1.98. The Kier molecular flexibility index (Phi) is 8.21. The van der Waals surface area contributed by atoms with Crippen LogP contribution in [0.2, 0.25) is 0 Å². The van der Waals surface area contributed by atoms with Gasteiger partial charge in [-0.2, -0.15) is 0 Å². The van der Waals surface area contributed by atoms with Gasteiger partial charge in [0, 0.05) is 28.2 Å².